The summed E-state index contributed by atoms with van der Waals surface area (Å²) in [6.07, 6.45) is -4.15. The Hall–Kier alpha value is -4.84. The number of benzene rings is 4. The molecule has 2 N–H and O–H groups in total. The summed E-state index contributed by atoms with van der Waals surface area (Å²) in [5, 5.41) is 5.97. The molecule has 0 spiro atoms. The number of amides is 1. The van der Waals surface area contributed by atoms with E-state index in [1.807, 2.05) is 18.2 Å². The van der Waals surface area contributed by atoms with Gasteiger partial charge < -0.3 is 15.4 Å². The van der Waals surface area contributed by atoms with E-state index in [4.69, 9.17) is 0 Å². The zero-order chi connectivity index (χ0) is 32.2. The quantitative estimate of drug-likeness (QED) is 0.214. The van der Waals surface area contributed by atoms with Crippen LogP contribution in [0.1, 0.15) is 23.1 Å². The number of fused-ring (bicyclic) bond motifs is 1. The molecule has 1 amide bonds. The molecule has 0 bridgehead atoms. The number of nitrogens with one attached hydrogen (secondary N) is 2. The van der Waals surface area contributed by atoms with E-state index in [1.54, 1.807) is 30.3 Å². The van der Waals surface area contributed by atoms with Crippen molar-refractivity contribution in [1.82, 2.24) is 5.32 Å². The van der Waals surface area contributed by atoms with Gasteiger partial charge in [-0.05, 0) is 64.7 Å². The fourth-order valence-electron chi connectivity index (χ4n) is 5.17. The minimum atomic E-state index is -4.51. The molecular weight excluding hydrogens is 607 g/mol. The number of para-hydroxylation sites is 1. The molecule has 0 aromatic heterocycles. The van der Waals surface area contributed by atoms with E-state index in [2.05, 4.69) is 15.4 Å². The molecule has 0 saturated heterocycles. The molecular formula is C33H30F3N3O5S. The van der Waals surface area contributed by atoms with Gasteiger partial charge in [0.05, 0.1) is 29.7 Å². The van der Waals surface area contributed by atoms with Crippen LogP contribution in [0.25, 0.3) is 11.1 Å². The van der Waals surface area contributed by atoms with Crippen molar-refractivity contribution in [2.24, 2.45) is 0 Å². The standard InChI is InChI=1S/C33H30F3N3O5S/c1-44-31(40)16-17-37-27-10-4-6-22(18-27)21-38-32(41)30-20-25-7-2-3-11-29(25)39(30)45(42,43)28-14-12-23(13-15-28)24-8-5-9-26(19-24)33(34,35)36/h2-15,18-19,30,37H,16-17,20-21H2,1H3,(H,38,41)/t30-/m0/s1. The number of methoxy groups -OCH3 is 1. The van der Waals surface area contributed by atoms with Crippen molar-refractivity contribution in [3.63, 3.8) is 0 Å². The van der Waals surface area contributed by atoms with E-state index in [1.165, 1.54) is 43.5 Å². The van der Waals surface area contributed by atoms with Crippen LogP contribution in [0.5, 0.6) is 0 Å². The predicted octanol–water partition coefficient (Wildman–Crippen LogP) is 5.78. The number of hydrogen-bond acceptors (Lipinski definition) is 6. The van der Waals surface area contributed by atoms with Gasteiger partial charge in [0.1, 0.15) is 6.04 Å². The van der Waals surface area contributed by atoms with Crippen LogP contribution < -0.4 is 14.9 Å². The van der Waals surface area contributed by atoms with Crippen LogP contribution in [0, 0.1) is 0 Å². The SMILES string of the molecule is COC(=O)CCNc1cccc(CNC(=O)[C@@H]2Cc3ccccc3N2S(=O)(=O)c2ccc(-c3cccc(C(F)(F)F)c3)cc2)c1. The highest BCUT2D eigenvalue weighted by molar-refractivity contribution is 7.93. The zero-order valence-corrected chi connectivity index (χ0v) is 25.0. The van der Waals surface area contributed by atoms with Crippen LogP contribution in [0.15, 0.2) is 102 Å². The molecule has 1 heterocycles. The first-order valence-corrected chi connectivity index (χ1v) is 15.5. The van der Waals surface area contributed by atoms with Crippen LogP contribution in [0.2, 0.25) is 0 Å². The number of rotatable bonds is 10. The number of carbonyl (C=O) groups excluding carboxylic acids is 2. The average molecular weight is 638 g/mol. The lowest BCUT2D eigenvalue weighted by atomic mass is 10.0. The lowest BCUT2D eigenvalue weighted by Gasteiger charge is -2.26. The summed E-state index contributed by atoms with van der Waals surface area (Å²) in [6.45, 7) is 0.508. The Kier molecular flexibility index (Phi) is 9.14. The fourth-order valence-corrected chi connectivity index (χ4v) is 6.82. The molecule has 1 atom stereocenters. The number of alkyl halides is 3. The Balaban J connectivity index is 1.34. The second-order valence-corrected chi connectivity index (χ2v) is 12.2. The number of nitrogens with zero attached hydrogens (tertiary/aromatic N) is 1. The van der Waals surface area contributed by atoms with E-state index in [0.29, 0.717) is 28.9 Å². The molecule has 1 aliphatic rings. The summed E-state index contributed by atoms with van der Waals surface area (Å²) >= 11 is 0. The second kappa shape index (κ2) is 13.0. The summed E-state index contributed by atoms with van der Waals surface area (Å²) in [6, 6.07) is 23.4. The number of carbonyl (C=O) groups is 2. The highest BCUT2D eigenvalue weighted by Gasteiger charge is 2.42. The average Bonchev–Trinajstić information content (AvgIpc) is 3.44. The maximum atomic E-state index is 14.0. The van der Waals surface area contributed by atoms with Crippen molar-refractivity contribution in [3.8, 4) is 11.1 Å². The molecule has 45 heavy (non-hydrogen) atoms. The number of sulfonamides is 1. The molecule has 234 valence electrons. The number of ether oxygens (including phenoxy) is 1. The topological polar surface area (TPSA) is 105 Å². The van der Waals surface area contributed by atoms with Gasteiger partial charge in [0.25, 0.3) is 10.0 Å². The normalized spacial score (nSPS) is 14.5. The molecule has 4 aromatic carbocycles. The maximum absolute atomic E-state index is 14.0. The Morgan fingerprint density at radius 3 is 2.38 bits per heavy atom. The first-order chi connectivity index (χ1) is 21.5. The van der Waals surface area contributed by atoms with Crippen molar-refractivity contribution < 1.29 is 35.9 Å². The first-order valence-electron chi connectivity index (χ1n) is 14.0. The maximum Gasteiger partial charge on any atom is 0.416 e. The lowest BCUT2D eigenvalue weighted by Crippen LogP contribution is -2.47. The van der Waals surface area contributed by atoms with Gasteiger partial charge in [-0.15, -0.1) is 0 Å². The van der Waals surface area contributed by atoms with Crippen molar-refractivity contribution in [2.45, 2.75) is 36.5 Å². The molecule has 8 nitrogen and oxygen atoms in total. The van der Waals surface area contributed by atoms with Gasteiger partial charge in [-0.25, -0.2) is 8.42 Å². The molecule has 1 aliphatic heterocycles. The van der Waals surface area contributed by atoms with Crippen molar-refractivity contribution in [3.05, 3.63) is 114 Å². The molecule has 0 aliphatic carbocycles. The van der Waals surface area contributed by atoms with Gasteiger partial charge in [-0.3, -0.25) is 13.9 Å². The van der Waals surface area contributed by atoms with Gasteiger partial charge in [0.2, 0.25) is 5.91 Å². The van der Waals surface area contributed by atoms with Gasteiger partial charge in [-0.2, -0.15) is 13.2 Å². The monoisotopic (exact) mass is 637 g/mol. The zero-order valence-electron chi connectivity index (χ0n) is 24.2. The van der Waals surface area contributed by atoms with E-state index >= 15 is 0 Å². The summed E-state index contributed by atoms with van der Waals surface area (Å²) in [5.74, 6) is -0.825. The number of anilines is 2. The third kappa shape index (κ3) is 7.12. The highest BCUT2D eigenvalue weighted by atomic mass is 32.2. The van der Waals surface area contributed by atoms with Crippen molar-refractivity contribution in [1.29, 1.82) is 0 Å². The summed E-state index contributed by atoms with van der Waals surface area (Å²) in [4.78, 5) is 24.8. The molecule has 0 radical (unpaired) electrons. The largest absolute Gasteiger partial charge is 0.469 e. The van der Waals surface area contributed by atoms with E-state index in [-0.39, 0.29) is 30.3 Å². The van der Waals surface area contributed by atoms with Crippen molar-refractivity contribution in [2.75, 3.05) is 23.3 Å². The van der Waals surface area contributed by atoms with Gasteiger partial charge in [-0.1, -0.05) is 54.6 Å². The van der Waals surface area contributed by atoms with E-state index in [0.717, 1.165) is 27.7 Å². The molecule has 0 unspecified atom stereocenters. The summed E-state index contributed by atoms with van der Waals surface area (Å²) in [7, 11) is -2.92. The molecule has 0 fully saturated rings. The Bertz CT molecular complexity index is 1810. The summed E-state index contributed by atoms with van der Waals surface area (Å²) in [5.41, 5.74) is 2.49. The fraction of sp³-hybridized carbons (Fsp3) is 0.212. The minimum Gasteiger partial charge on any atom is -0.469 e. The number of esters is 1. The second-order valence-electron chi connectivity index (χ2n) is 10.4. The van der Waals surface area contributed by atoms with Crippen LogP contribution in [0.3, 0.4) is 0 Å². The van der Waals surface area contributed by atoms with Crippen LogP contribution in [0.4, 0.5) is 24.5 Å². The van der Waals surface area contributed by atoms with E-state index < -0.39 is 33.7 Å². The van der Waals surface area contributed by atoms with Gasteiger partial charge >= 0.3 is 12.1 Å². The highest BCUT2D eigenvalue weighted by Crippen LogP contribution is 2.38. The molecule has 0 saturated carbocycles. The number of hydrogen-bond donors (Lipinski definition) is 2. The summed E-state index contributed by atoms with van der Waals surface area (Å²) < 4.78 is 73.4. The van der Waals surface area contributed by atoms with Gasteiger partial charge in [0, 0.05) is 25.2 Å². The van der Waals surface area contributed by atoms with Crippen LogP contribution in [-0.2, 0) is 43.5 Å². The van der Waals surface area contributed by atoms with Gasteiger partial charge in [0.15, 0.2) is 0 Å². The Labute approximate surface area is 258 Å². The third-order valence-corrected chi connectivity index (χ3v) is 9.28. The predicted molar refractivity (Wildman–Crippen MR) is 164 cm³/mol. The minimum absolute atomic E-state index is 0.0986. The lowest BCUT2D eigenvalue weighted by molar-refractivity contribution is -0.140. The van der Waals surface area contributed by atoms with Crippen LogP contribution in [-0.4, -0.2) is 40.0 Å². The molecule has 5 rings (SSSR count). The smallest absolute Gasteiger partial charge is 0.416 e. The number of halogens is 3. The Morgan fingerprint density at radius 1 is 0.911 bits per heavy atom. The third-order valence-electron chi connectivity index (χ3n) is 7.44. The molecule has 4 aromatic rings. The van der Waals surface area contributed by atoms with Crippen molar-refractivity contribution >= 4 is 33.3 Å². The first kappa shape index (κ1) is 31.6. The van der Waals surface area contributed by atoms with E-state index in [9.17, 15) is 31.2 Å². The Morgan fingerprint density at radius 2 is 1.64 bits per heavy atom. The van der Waals surface area contributed by atoms with Crippen LogP contribution >= 0.6 is 0 Å². The molecule has 12 heteroatoms.